The van der Waals surface area contributed by atoms with E-state index in [0.717, 1.165) is 30.5 Å². The van der Waals surface area contributed by atoms with E-state index in [4.69, 9.17) is 0 Å². The van der Waals surface area contributed by atoms with Crippen molar-refractivity contribution in [3.8, 4) is 0 Å². The Morgan fingerprint density at radius 3 is 2.88 bits per heavy atom. The number of anilines is 1. The first-order chi connectivity index (χ1) is 12.5. The van der Waals surface area contributed by atoms with Crippen LogP contribution in [0.5, 0.6) is 0 Å². The zero-order valence-corrected chi connectivity index (χ0v) is 16.4. The zero-order valence-electron chi connectivity index (χ0n) is 15.6. The molecule has 0 aliphatic carbocycles. The van der Waals surface area contributed by atoms with Gasteiger partial charge in [-0.1, -0.05) is 19.8 Å². The van der Waals surface area contributed by atoms with Gasteiger partial charge in [-0.2, -0.15) is 0 Å². The average molecular weight is 377 g/mol. The molecule has 0 saturated carbocycles. The molecule has 1 fully saturated rings. The van der Waals surface area contributed by atoms with Gasteiger partial charge in [0.25, 0.3) is 0 Å². The van der Waals surface area contributed by atoms with Gasteiger partial charge in [-0.05, 0) is 50.6 Å². The van der Waals surface area contributed by atoms with Crippen molar-refractivity contribution in [1.29, 1.82) is 0 Å². The van der Waals surface area contributed by atoms with E-state index in [2.05, 4.69) is 27.1 Å². The minimum absolute atomic E-state index is 0.296. The number of rotatable bonds is 7. The fraction of sp³-hybridized carbons (Fsp3) is 0.579. The number of sulfone groups is 1. The van der Waals surface area contributed by atoms with E-state index in [1.807, 2.05) is 0 Å². The van der Waals surface area contributed by atoms with Gasteiger partial charge in [0.05, 0.1) is 10.4 Å². The Hall–Kier alpha value is -1.73. The van der Waals surface area contributed by atoms with Crippen molar-refractivity contribution in [2.75, 3.05) is 31.2 Å². The van der Waals surface area contributed by atoms with Gasteiger partial charge in [0, 0.05) is 24.2 Å². The first-order valence-corrected chi connectivity index (χ1v) is 11.3. The second-order valence-electron chi connectivity index (χ2n) is 7.09. The van der Waals surface area contributed by atoms with E-state index in [1.165, 1.54) is 44.7 Å². The third-order valence-electron chi connectivity index (χ3n) is 5.09. The van der Waals surface area contributed by atoms with Crippen molar-refractivity contribution in [3.05, 3.63) is 24.5 Å². The van der Waals surface area contributed by atoms with Crippen molar-refractivity contribution in [2.24, 2.45) is 0 Å². The van der Waals surface area contributed by atoms with E-state index < -0.39 is 9.84 Å². The van der Waals surface area contributed by atoms with Crippen LogP contribution in [-0.4, -0.2) is 55.2 Å². The van der Waals surface area contributed by atoms with Crippen molar-refractivity contribution < 1.29 is 8.42 Å². The number of unbranched alkanes of at least 4 members (excludes halogenated alkanes) is 1. The lowest BCUT2D eigenvalue weighted by Crippen LogP contribution is -2.44. The maximum Gasteiger partial charge on any atom is 0.175 e. The molecule has 26 heavy (non-hydrogen) atoms. The van der Waals surface area contributed by atoms with Crippen LogP contribution in [-0.2, 0) is 9.84 Å². The van der Waals surface area contributed by atoms with E-state index in [0.29, 0.717) is 16.8 Å². The molecule has 142 valence electrons. The molecule has 0 spiro atoms. The molecule has 6 nitrogen and oxygen atoms in total. The first-order valence-electron chi connectivity index (χ1n) is 9.42. The van der Waals surface area contributed by atoms with E-state index in [9.17, 15) is 8.42 Å². The smallest absolute Gasteiger partial charge is 0.175 e. The van der Waals surface area contributed by atoms with Crippen LogP contribution in [0.15, 0.2) is 29.4 Å². The summed E-state index contributed by atoms with van der Waals surface area (Å²) in [5.41, 5.74) is 0.751. The second kappa shape index (κ2) is 8.31. The van der Waals surface area contributed by atoms with Crippen molar-refractivity contribution in [2.45, 2.75) is 50.0 Å². The molecular weight excluding hydrogens is 348 g/mol. The summed E-state index contributed by atoms with van der Waals surface area (Å²) >= 11 is 0. The molecular formula is C19H28N4O2S. The second-order valence-corrected chi connectivity index (χ2v) is 9.11. The lowest BCUT2D eigenvalue weighted by atomic mass is 10.0. The number of nitrogens with one attached hydrogen (secondary N) is 1. The summed E-state index contributed by atoms with van der Waals surface area (Å²) in [7, 11) is -3.26. The quantitative estimate of drug-likeness (QED) is 0.800. The van der Waals surface area contributed by atoms with Gasteiger partial charge < -0.3 is 5.32 Å². The molecule has 3 rings (SSSR count). The fourth-order valence-electron chi connectivity index (χ4n) is 3.57. The zero-order chi connectivity index (χ0) is 18.6. The number of benzene rings is 1. The largest absolute Gasteiger partial charge is 0.368 e. The van der Waals surface area contributed by atoms with E-state index >= 15 is 0 Å². The molecule has 1 aliphatic rings. The van der Waals surface area contributed by atoms with Crippen LogP contribution < -0.4 is 5.32 Å². The van der Waals surface area contributed by atoms with Crippen LogP contribution in [0.2, 0.25) is 0 Å². The predicted octanol–water partition coefficient (Wildman–Crippen LogP) is 3.10. The van der Waals surface area contributed by atoms with Crippen LogP contribution in [0.3, 0.4) is 0 Å². The molecule has 0 amide bonds. The lowest BCUT2D eigenvalue weighted by Gasteiger charge is -2.36. The topological polar surface area (TPSA) is 75.2 Å². The molecule has 2 aromatic rings. The van der Waals surface area contributed by atoms with E-state index in [-0.39, 0.29) is 0 Å². The molecule has 1 N–H and O–H groups in total. The van der Waals surface area contributed by atoms with Crippen LogP contribution in [0, 0.1) is 0 Å². The SMILES string of the molecule is CCCCN1CCCCC1CNc1ncnc2ccc(S(C)(=O)=O)cc12. The van der Waals surface area contributed by atoms with Crippen molar-refractivity contribution >= 4 is 26.6 Å². The van der Waals surface area contributed by atoms with Gasteiger partial charge in [0.15, 0.2) is 9.84 Å². The van der Waals surface area contributed by atoms with Crippen LogP contribution in [0.4, 0.5) is 5.82 Å². The molecule has 1 unspecified atom stereocenters. The van der Waals surface area contributed by atoms with Crippen LogP contribution in [0.25, 0.3) is 10.9 Å². The standard InChI is InChI=1S/C19H28N4O2S/c1-3-4-10-23-11-6-5-7-15(23)13-20-19-17-12-16(26(2,24)25)8-9-18(17)21-14-22-19/h8-9,12,14-15H,3-7,10-11,13H2,1-2H3,(H,20,21,22). The third-order valence-corrected chi connectivity index (χ3v) is 6.20. The maximum atomic E-state index is 11.9. The molecule has 0 radical (unpaired) electrons. The molecule has 1 aromatic heterocycles. The van der Waals surface area contributed by atoms with Gasteiger partial charge in [0.1, 0.15) is 12.1 Å². The summed E-state index contributed by atoms with van der Waals surface area (Å²) < 4.78 is 23.7. The Morgan fingerprint density at radius 1 is 1.27 bits per heavy atom. The number of aromatic nitrogens is 2. The minimum Gasteiger partial charge on any atom is -0.368 e. The fourth-order valence-corrected chi connectivity index (χ4v) is 4.22. The Balaban J connectivity index is 1.79. The molecule has 1 aromatic carbocycles. The average Bonchev–Trinajstić information content (AvgIpc) is 2.64. The number of hydrogen-bond donors (Lipinski definition) is 1. The highest BCUT2D eigenvalue weighted by Gasteiger charge is 2.22. The lowest BCUT2D eigenvalue weighted by molar-refractivity contribution is 0.154. The van der Waals surface area contributed by atoms with Gasteiger partial charge in [-0.3, -0.25) is 4.90 Å². The van der Waals surface area contributed by atoms with Gasteiger partial charge in [-0.15, -0.1) is 0 Å². The van der Waals surface area contributed by atoms with E-state index in [1.54, 1.807) is 18.2 Å². The number of fused-ring (bicyclic) bond motifs is 1. The molecule has 1 atom stereocenters. The first kappa shape index (κ1) is 19.0. The minimum atomic E-state index is -3.26. The molecule has 7 heteroatoms. The van der Waals surface area contributed by atoms with Crippen molar-refractivity contribution in [3.63, 3.8) is 0 Å². The van der Waals surface area contributed by atoms with Crippen LogP contribution >= 0.6 is 0 Å². The Morgan fingerprint density at radius 2 is 2.12 bits per heavy atom. The highest BCUT2D eigenvalue weighted by Crippen LogP contribution is 2.24. The highest BCUT2D eigenvalue weighted by molar-refractivity contribution is 7.90. The molecule has 1 aliphatic heterocycles. The summed E-state index contributed by atoms with van der Waals surface area (Å²) in [4.78, 5) is 11.5. The van der Waals surface area contributed by atoms with Gasteiger partial charge in [0.2, 0.25) is 0 Å². The summed E-state index contributed by atoms with van der Waals surface area (Å²) in [5, 5.41) is 4.21. The highest BCUT2D eigenvalue weighted by atomic mass is 32.2. The third kappa shape index (κ3) is 4.51. The Kier molecular flexibility index (Phi) is 6.09. The normalized spacial score (nSPS) is 18.9. The maximum absolute atomic E-state index is 11.9. The predicted molar refractivity (Wildman–Crippen MR) is 105 cm³/mol. The number of likely N-dealkylation sites (tertiary alicyclic amines) is 1. The van der Waals surface area contributed by atoms with Gasteiger partial charge >= 0.3 is 0 Å². The number of hydrogen-bond acceptors (Lipinski definition) is 6. The van der Waals surface area contributed by atoms with Gasteiger partial charge in [-0.25, -0.2) is 18.4 Å². The van der Waals surface area contributed by atoms with Crippen LogP contribution in [0.1, 0.15) is 39.0 Å². The Labute approximate surface area is 155 Å². The molecule has 1 saturated heterocycles. The van der Waals surface area contributed by atoms with Crippen molar-refractivity contribution in [1.82, 2.24) is 14.9 Å². The Bertz CT molecular complexity index is 854. The molecule has 0 bridgehead atoms. The monoisotopic (exact) mass is 376 g/mol. The number of piperidine rings is 1. The summed E-state index contributed by atoms with van der Waals surface area (Å²) in [6.45, 7) is 5.35. The molecule has 2 heterocycles. The summed E-state index contributed by atoms with van der Waals surface area (Å²) in [5.74, 6) is 0.710. The summed E-state index contributed by atoms with van der Waals surface area (Å²) in [6, 6.07) is 5.51. The number of nitrogens with zero attached hydrogens (tertiary/aromatic N) is 3. The summed E-state index contributed by atoms with van der Waals surface area (Å²) in [6.07, 6.45) is 8.91.